The third kappa shape index (κ3) is 11.9. The maximum Gasteiger partial charge on any atom is 0.338 e. The van der Waals surface area contributed by atoms with Crippen molar-refractivity contribution in [3.63, 3.8) is 0 Å². The molecule has 2 rings (SSSR count). The Labute approximate surface area is 160 Å². The van der Waals surface area contributed by atoms with E-state index in [0.29, 0.717) is 22.6 Å². The van der Waals surface area contributed by atoms with Crippen LogP contribution in [0.5, 0.6) is 11.5 Å². The van der Waals surface area contributed by atoms with Gasteiger partial charge >= 0.3 is 11.9 Å². The zero-order chi connectivity index (χ0) is 20.7. The van der Waals surface area contributed by atoms with Crippen molar-refractivity contribution in [1.29, 1.82) is 0 Å². The van der Waals surface area contributed by atoms with Crippen LogP contribution in [0, 0.1) is 0 Å². The highest BCUT2D eigenvalue weighted by Crippen LogP contribution is 2.10. The second-order valence-corrected chi connectivity index (χ2v) is 5.28. The molecule has 0 amide bonds. The van der Waals surface area contributed by atoms with Crippen molar-refractivity contribution in [2.45, 2.75) is 20.8 Å². The Morgan fingerprint density at radius 3 is 1.26 bits per heavy atom. The second kappa shape index (κ2) is 14.0. The van der Waals surface area contributed by atoms with Crippen molar-refractivity contribution in [3.05, 3.63) is 85.0 Å². The SMILES string of the molecule is C=C(C)C(=O)Oc1ccccc1.C=C(C)C(=O)Oc1ccccc1.CCO. The molecule has 0 atom stereocenters. The summed E-state index contributed by atoms with van der Waals surface area (Å²) in [6.45, 7) is 12.1. The van der Waals surface area contributed by atoms with E-state index in [-0.39, 0.29) is 18.5 Å². The van der Waals surface area contributed by atoms with Gasteiger partial charge in [-0.2, -0.15) is 0 Å². The van der Waals surface area contributed by atoms with Crippen LogP contribution in [0.1, 0.15) is 20.8 Å². The van der Waals surface area contributed by atoms with Crippen molar-refractivity contribution in [2.24, 2.45) is 0 Å². The van der Waals surface area contributed by atoms with Crippen molar-refractivity contribution >= 4 is 11.9 Å². The number of hydrogen-bond acceptors (Lipinski definition) is 5. The van der Waals surface area contributed by atoms with E-state index in [0.717, 1.165) is 0 Å². The minimum atomic E-state index is -0.388. The summed E-state index contributed by atoms with van der Waals surface area (Å²) in [6.07, 6.45) is 0. The van der Waals surface area contributed by atoms with E-state index in [1.54, 1.807) is 69.3 Å². The molecule has 0 bridgehead atoms. The van der Waals surface area contributed by atoms with Gasteiger partial charge in [-0.05, 0) is 45.0 Å². The lowest BCUT2D eigenvalue weighted by Crippen LogP contribution is -2.07. The van der Waals surface area contributed by atoms with Crippen molar-refractivity contribution in [2.75, 3.05) is 6.61 Å². The molecule has 0 heterocycles. The Balaban J connectivity index is 0.000000438. The van der Waals surface area contributed by atoms with Gasteiger partial charge in [0.25, 0.3) is 0 Å². The van der Waals surface area contributed by atoms with E-state index < -0.39 is 0 Å². The largest absolute Gasteiger partial charge is 0.423 e. The van der Waals surface area contributed by atoms with Crippen molar-refractivity contribution in [1.82, 2.24) is 0 Å². The van der Waals surface area contributed by atoms with E-state index in [1.165, 1.54) is 0 Å². The number of hydrogen-bond donors (Lipinski definition) is 1. The van der Waals surface area contributed by atoms with Gasteiger partial charge in [-0.1, -0.05) is 49.6 Å². The van der Waals surface area contributed by atoms with Crippen LogP contribution in [-0.4, -0.2) is 23.7 Å². The number of rotatable bonds is 4. The van der Waals surface area contributed by atoms with Crippen LogP contribution in [0.2, 0.25) is 0 Å². The topological polar surface area (TPSA) is 72.8 Å². The molecule has 2 aromatic rings. The fraction of sp³-hybridized carbons (Fsp3) is 0.182. The monoisotopic (exact) mass is 370 g/mol. The maximum absolute atomic E-state index is 11.0. The Kier molecular flexibility index (Phi) is 12.4. The molecule has 0 spiro atoms. The second-order valence-electron chi connectivity index (χ2n) is 5.28. The molecular formula is C22H26O5. The van der Waals surface area contributed by atoms with E-state index in [2.05, 4.69) is 13.2 Å². The standard InChI is InChI=1S/2C10H10O2.C2H6O/c2*1-8(2)10(11)12-9-6-4-3-5-7-9;1-2-3/h2*3-7H,1H2,2H3;3H,2H2,1H3. The van der Waals surface area contributed by atoms with E-state index in [9.17, 15) is 9.59 Å². The molecule has 1 N–H and O–H groups in total. The first-order valence-corrected chi connectivity index (χ1v) is 8.28. The lowest BCUT2D eigenvalue weighted by Gasteiger charge is -2.01. The summed E-state index contributed by atoms with van der Waals surface area (Å²) in [5, 5.41) is 7.57. The van der Waals surface area contributed by atoms with E-state index >= 15 is 0 Å². The zero-order valence-electron chi connectivity index (χ0n) is 16.0. The molecule has 27 heavy (non-hydrogen) atoms. The van der Waals surface area contributed by atoms with Gasteiger partial charge in [0.1, 0.15) is 11.5 Å². The predicted molar refractivity (Wildman–Crippen MR) is 107 cm³/mol. The van der Waals surface area contributed by atoms with E-state index in [4.69, 9.17) is 14.6 Å². The third-order valence-electron chi connectivity index (χ3n) is 2.60. The number of para-hydroxylation sites is 2. The van der Waals surface area contributed by atoms with Crippen LogP contribution in [0.15, 0.2) is 85.0 Å². The minimum absolute atomic E-state index is 0.250. The molecular weight excluding hydrogens is 344 g/mol. The summed E-state index contributed by atoms with van der Waals surface area (Å²) in [5.41, 5.74) is 0.803. The molecule has 0 saturated heterocycles. The number of ether oxygens (including phenoxy) is 2. The third-order valence-corrected chi connectivity index (χ3v) is 2.60. The van der Waals surface area contributed by atoms with Crippen molar-refractivity contribution in [3.8, 4) is 11.5 Å². The average Bonchev–Trinajstić information content (AvgIpc) is 2.64. The normalized spacial score (nSPS) is 8.74. The molecule has 0 aliphatic heterocycles. The Bertz CT molecular complexity index is 657. The highest BCUT2D eigenvalue weighted by Gasteiger charge is 2.04. The Morgan fingerprint density at radius 1 is 0.778 bits per heavy atom. The van der Waals surface area contributed by atoms with Gasteiger partial charge in [-0.3, -0.25) is 0 Å². The molecule has 0 saturated carbocycles. The fourth-order valence-corrected chi connectivity index (χ4v) is 1.37. The molecule has 5 heteroatoms. The van der Waals surface area contributed by atoms with Crippen LogP contribution in [0.3, 0.4) is 0 Å². The lowest BCUT2D eigenvalue weighted by atomic mass is 10.3. The van der Waals surface area contributed by atoms with Crippen LogP contribution in [0.4, 0.5) is 0 Å². The number of aliphatic hydroxyl groups is 1. The summed E-state index contributed by atoms with van der Waals surface area (Å²) in [5.74, 6) is 0.318. The average molecular weight is 370 g/mol. The van der Waals surface area contributed by atoms with Gasteiger partial charge in [0, 0.05) is 17.8 Å². The van der Waals surface area contributed by atoms with Crippen LogP contribution in [0.25, 0.3) is 0 Å². The van der Waals surface area contributed by atoms with Gasteiger partial charge in [-0.15, -0.1) is 0 Å². The first-order valence-electron chi connectivity index (χ1n) is 8.28. The van der Waals surface area contributed by atoms with Crippen molar-refractivity contribution < 1.29 is 24.2 Å². The summed E-state index contributed by atoms with van der Waals surface area (Å²) in [4.78, 5) is 22.0. The first kappa shape index (κ1) is 23.8. The Hall–Kier alpha value is -3.18. The highest BCUT2D eigenvalue weighted by atomic mass is 16.5. The molecule has 0 aliphatic carbocycles. The number of benzene rings is 2. The number of esters is 2. The van der Waals surface area contributed by atoms with Gasteiger partial charge in [0.15, 0.2) is 0 Å². The summed E-state index contributed by atoms with van der Waals surface area (Å²) in [6, 6.07) is 17.8. The smallest absolute Gasteiger partial charge is 0.338 e. The summed E-state index contributed by atoms with van der Waals surface area (Å²) in [7, 11) is 0. The van der Waals surface area contributed by atoms with Gasteiger partial charge in [-0.25, -0.2) is 9.59 Å². The molecule has 0 radical (unpaired) electrons. The number of aliphatic hydroxyl groups excluding tert-OH is 1. The molecule has 0 aliphatic rings. The molecule has 5 nitrogen and oxygen atoms in total. The van der Waals surface area contributed by atoms with Gasteiger partial charge in [0.2, 0.25) is 0 Å². The van der Waals surface area contributed by atoms with Gasteiger partial charge in [0.05, 0.1) is 0 Å². The lowest BCUT2D eigenvalue weighted by molar-refractivity contribution is -0.130. The number of carbonyl (C=O) groups excluding carboxylic acids is 2. The maximum atomic E-state index is 11.0. The van der Waals surface area contributed by atoms with Crippen LogP contribution >= 0.6 is 0 Å². The van der Waals surface area contributed by atoms with E-state index in [1.807, 2.05) is 12.1 Å². The Morgan fingerprint density at radius 2 is 1.04 bits per heavy atom. The number of carbonyl (C=O) groups is 2. The molecule has 144 valence electrons. The van der Waals surface area contributed by atoms with Crippen LogP contribution < -0.4 is 9.47 Å². The zero-order valence-corrected chi connectivity index (χ0v) is 16.0. The predicted octanol–water partition coefficient (Wildman–Crippen LogP) is 4.33. The molecule has 0 aromatic heterocycles. The first-order chi connectivity index (χ1) is 12.8. The molecule has 0 fully saturated rings. The fourth-order valence-electron chi connectivity index (χ4n) is 1.37. The minimum Gasteiger partial charge on any atom is -0.423 e. The molecule has 0 unspecified atom stereocenters. The molecule has 2 aromatic carbocycles. The highest BCUT2D eigenvalue weighted by molar-refractivity contribution is 5.89. The summed E-state index contributed by atoms with van der Waals surface area (Å²) < 4.78 is 9.87. The summed E-state index contributed by atoms with van der Waals surface area (Å²) >= 11 is 0. The van der Waals surface area contributed by atoms with Gasteiger partial charge < -0.3 is 14.6 Å². The quantitative estimate of drug-likeness (QED) is 0.492. The van der Waals surface area contributed by atoms with Crippen LogP contribution in [-0.2, 0) is 9.59 Å².